The molecule has 0 aliphatic heterocycles. The summed E-state index contributed by atoms with van der Waals surface area (Å²) >= 11 is 0. The molecule has 0 spiro atoms. The van der Waals surface area contributed by atoms with E-state index in [9.17, 15) is 22.4 Å². The van der Waals surface area contributed by atoms with Gasteiger partial charge in [0, 0.05) is 11.3 Å². The minimum Gasteiger partial charge on any atom is -0.324 e. The van der Waals surface area contributed by atoms with E-state index < -0.39 is 30.0 Å². The summed E-state index contributed by atoms with van der Waals surface area (Å²) < 4.78 is 54.0. The number of aryl methyl sites for hydroxylation is 2. The SMILES string of the molecule is CCc1ccccc1NC(=O)Cn1nc(C)c2c(C(F)F)cc(C(F)F)nc21. The zero-order valence-corrected chi connectivity index (χ0v) is 15.2. The van der Waals surface area contributed by atoms with Crippen LogP contribution < -0.4 is 5.32 Å². The Labute approximate surface area is 158 Å². The van der Waals surface area contributed by atoms with Gasteiger partial charge in [-0.2, -0.15) is 5.10 Å². The van der Waals surface area contributed by atoms with Gasteiger partial charge in [-0.25, -0.2) is 27.2 Å². The Kier molecular flexibility index (Phi) is 5.62. The van der Waals surface area contributed by atoms with E-state index in [1.165, 1.54) is 6.92 Å². The monoisotopic (exact) mass is 394 g/mol. The first-order valence-electron chi connectivity index (χ1n) is 8.63. The second-order valence-electron chi connectivity index (χ2n) is 6.24. The van der Waals surface area contributed by atoms with Gasteiger partial charge in [0.1, 0.15) is 12.2 Å². The number of benzene rings is 1. The average molecular weight is 394 g/mol. The molecule has 0 aliphatic rings. The van der Waals surface area contributed by atoms with Gasteiger partial charge in [0.05, 0.1) is 11.1 Å². The van der Waals surface area contributed by atoms with Crippen molar-refractivity contribution in [3.63, 3.8) is 0 Å². The maximum Gasteiger partial charge on any atom is 0.280 e. The highest BCUT2D eigenvalue weighted by atomic mass is 19.3. The Morgan fingerprint density at radius 3 is 2.54 bits per heavy atom. The van der Waals surface area contributed by atoms with E-state index in [1.54, 1.807) is 12.1 Å². The Balaban J connectivity index is 1.98. The molecule has 9 heteroatoms. The Morgan fingerprint density at radius 1 is 1.18 bits per heavy atom. The highest BCUT2D eigenvalue weighted by molar-refractivity contribution is 5.92. The number of hydrogen-bond donors (Lipinski definition) is 1. The lowest BCUT2D eigenvalue weighted by atomic mass is 10.1. The van der Waals surface area contributed by atoms with Gasteiger partial charge in [0.15, 0.2) is 5.65 Å². The summed E-state index contributed by atoms with van der Waals surface area (Å²) in [6, 6.07) is 7.92. The number of halogens is 4. The van der Waals surface area contributed by atoms with Gasteiger partial charge < -0.3 is 5.32 Å². The summed E-state index contributed by atoms with van der Waals surface area (Å²) in [5, 5.41) is 6.79. The third kappa shape index (κ3) is 3.83. The molecular formula is C19H18F4N4O. The molecule has 0 saturated heterocycles. The molecule has 2 aromatic heterocycles. The van der Waals surface area contributed by atoms with Crippen LogP contribution in [0.25, 0.3) is 11.0 Å². The molecule has 0 saturated carbocycles. The summed E-state index contributed by atoms with van der Waals surface area (Å²) in [6.45, 7) is 3.07. The molecule has 5 nitrogen and oxygen atoms in total. The summed E-state index contributed by atoms with van der Waals surface area (Å²) in [6.07, 6.45) is -5.28. The van der Waals surface area contributed by atoms with Crippen LogP contribution in [0.15, 0.2) is 30.3 Å². The van der Waals surface area contributed by atoms with E-state index in [0.29, 0.717) is 18.2 Å². The van der Waals surface area contributed by atoms with Crippen molar-refractivity contribution in [3.8, 4) is 0 Å². The van der Waals surface area contributed by atoms with Crippen LogP contribution >= 0.6 is 0 Å². The first-order valence-corrected chi connectivity index (χ1v) is 8.63. The molecule has 0 fully saturated rings. The molecule has 0 aliphatic carbocycles. The fraction of sp³-hybridized carbons (Fsp3) is 0.316. The van der Waals surface area contributed by atoms with Crippen molar-refractivity contribution in [2.75, 3.05) is 5.32 Å². The van der Waals surface area contributed by atoms with Crippen molar-refractivity contribution in [2.45, 2.75) is 39.7 Å². The number of pyridine rings is 1. The highest BCUT2D eigenvalue weighted by Crippen LogP contribution is 2.32. The standard InChI is InChI=1S/C19H18F4N4O/c1-3-11-6-4-5-7-13(11)24-15(28)9-27-19-16(10(2)26-27)12(17(20)21)8-14(25-19)18(22)23/h4-8,17-18H,3,9H2,1-2H3,(H,24,28). The van der Waals surface area contributed by atoms with E-state index in [-0.39, 0.29) is 23.3 Å². The second-order valence-corrected chi connectivity index (χ2v) is 6.24. The molecule has 1 aromatic carbocycles. The molecule has 0 atom stereocenters. The van der Waals surface area contributed by atoms with Gasteiger partial charge in [-0.15, -0.1) is 0 Å². The van der Waals surface area contributed by atoms with Crippen LogP contribution in [-0.2, 0) is 17.8 Å². The van der Waals surface area contributed by atoms with Crippen LogP contribution in [0.1, 0.15) is 42.3 Å². The van der Waals surface area contributed by atoms with Gasteiger partial charge in [-0.05, 0) is 31.0 Å². The maximum atomic E-state index is 13.4. The number of rotatable bonds is 6. The number of aromatic nitrogens is 3. The van der Waals surface area contributed by atoms with E-state index >= 15 is 0 Å². The van der Waals surface area contributed by atoms with E-state index in [4.69, 9.17) is 0 Å². The number of amides is 1. The van der Waals surface area contributed by atoms with Crippen LogP contribution in [0.5, 0.6) is 0 Å². The topological polar surface area (TPSA) is 59.8 Å². The van der Waals surface area contributed by atoms with Crippen LogP contribution in [0.4, 0.5) is 23.2 Å². The lowest BCUT2D eigenvalue weighted by Gasteiger charge is -2.10. The maximum absolute atomic E-state index is 13.4. The van der Waals surface area contributed by atoms with Crippen LogP contribution in [0.2, 0.25) is 0 Å². The van der Waals surface area contributed by atoms with Crippen molar-refractivity contribution in [2.24, 2.45) is 0 Å². The number of carbonyl (C=O) groups excluding carboxylic acids is 1. The minimum absolute atomic E-state index is 0.0128. The number of para-hydroxylation sites is 1. The molecule has 3 rings (SSSR count). The number of anilines is 1. The summed E-state index contributed by atoms with van der Waals surface area (Å²) in [5.74, 6) is -0.465. The van der Waals surface area contributed by atoms with Crippen molar-refractivity contribution >= 4 is 22.6 Å². The van der Waals surface area contributed by atoms with Gasteiger partial charge in [-0.1, -0.05) is 25.1 Å². The van der Waals surface area contributed by atoms with Crippen LogP contribution in [-0.4, -0.2) is 20.7 Å². The zero-order valence-electron chi connectivity index (χ0n) is 15.2. The predicted molar refractivity (Wildman–Crippen MR) is 96.6 cm³/mol. The number of nitrogens with zero attached hydrogens (tertiary/aromatic N) is 3. The van der Waals surface area contributed by atoms with Crippen LogP contribution in [0, 0.1) is 6.92 Å². The largest absolute Gasteiger partial charge is 0.324 e. The Bertz CT molecular complexity index is 1020. The molecule has 3 aromatic rings. The van der Waals surface area contributed by atoms with Gasteiger partial charge in [-0.3, -0.25) is 4.79 Å². The predicted octanol–water partition coefficient (Wildman–Crippen LogP) is 4.82. The number of hydrogen-bond acceptors (Lipinski definition) is 3. The first kappa shape index (κ1) is 19.8. The summed E-state index contributed by atoms with van der Waals surface area (Å²) in [7, 11) is 0. The normalized spacial score (nSPS) is 11.6. The average Bonchev–Trinajstić information content (AvgIpc) is 2.96. The fourth-order valence-electron chi connectivity index (χ4n) is 3.08. The Hall–Kier alpha value is -2.97. The number of carbonyl (C=O) groups is 1. The van der Waals surface area contributed by atoms with Crippen molar-refractivity contribution in [3.05, 3.63) is 52.8 Å². The number of fused-ring (bicyclic) bond motifs is 1. The number of alkyl halides is 4. The zero-order chi connectivity index (χ0) is 20.4. The minimum atomic E-state index is -3.02. The van der Waals surface area contributed by atoms with E-state index in [2.05, 4.69) is 15.4 Å². The molecule has 148 valence electrons. The lowest BCUT2D eigenvalue weighted by Crippen LogP contribution is -2.20. The second kappa shape index (κ2) is 7.95. The molecule has 1 N–H and O–H groups in total. The summed E-state index contributed by atoms with van der Waals surface area (Å²) in [4.78, 5) is 16.2. The summed E-state index contributed by atoms with van der Waals surface area (Å²) in [5.41, 5.74) is 0.236. The molecule has 1 amide bonds. The third-order valence-electron chi connectivity index (χ3n) is 4.35. The third-order valence-corrected chi connectivity index (χ3v) is 4.35. The van der Waals surface area contributed by atoms with Gasteiger partial charge >= 0.3 is 0 Å². The number of nitrogens with one attached hydrogen (secondary N) is 1. The molecule has 0 radical (unpaired) electrons. The fourth-order valence-corrected chi connectivity index (χ4v) is 3.08. The molecule has 0 unspecified atom stereocenters. The van der Waals surface area contributed by atoms with E-state index in [0.717, 1.165) is 10.2 Å². The Morgan fingerprint density at radius 2 is 1.89 bits per heavy atom. The van der Waals surface area contributed by atoms with Crippen molar-refractivity contribution in [1.29, 1.82) is 0 Å². The smallest absolute Gasteiger partial charge is 0.280 e. The van der Waals surface area contributed by atoms with Crippen molar-refractivity contribution < 1.29 is 22.4 Å². The molecule has 2 heterocycles. The molecule has 0 bridgehead atoms. The van der Waals surface area contributed by atoms with Gasteiger partial charge in [0.25, 0.3) is 12.9 Å². The van der Waals surface area contributed by atoms with Crippen molar-refractivity contribution in [1.82, 2.24) is 14.8 Å². The molecular weight excluding hydrogens is 376 g/mol. The first-order chi connectivity index (χ1) is 13.3. The lowest BCUT2D eigenvalue weighted by molar-refractivity contribution is -0.116. The highest BCUT2D eigenvalue weighted by Gasteiger charge is 2.24. The van der Waals surface area contributed by atoms with Gasteiger partial charge in [0.2, 0.25) is 5.91 Å². The quantitative estimate of drug-likeness (QED) is 0.610. The molecule has 28 heavy (non-hydrogen) atoms. The van der Waals surface area contributed by atoms with E-state index in [1.807, 2.05) is 19.1 Å². The van der Waals surface area contributed by atoms with Crippen LogP contribution in [0.3, 0.4) is 0 Å².